The van der Waals surface area contributed by atoms with Crippen LogP contribution in [-0.4, -0.2) is 47.8 Å². The van der Waals surface area contributed by atoms with Gasteiger partial charge in [0.1, 0.15) is 0 Å². The molecule has 1 saturated heterocycles. The monoisotopic (exact) mass is 428 g/mol. The molecular formula is C22H25BrN2O2. The van der Waals surface area contributed by atoms with Crippen molar-refractivity contribution >= 4 is 27.7 Å². The summed E-state index contributed by atoms with van der Waals surface area (Å²) in [5, 5.41) is 0. The number of carbonyl (C=O) groups is 2. The minimum absolute atomic E-state index is 0.0120. The molecule has 3 rings (SSSR count). The van der Waals surface area contributed by atoms with E-state index in [1.54, 1.807) is 0 Å². The number of amides is 2. The highest BCUT2D eigenvalue weighted by Crippen LogP contribution is 2.23. The van der Waals surface area contributed by atoms with Gasteiger partial charge in [0.05, 0.1) is 0 Å². The lowest BCUT2D eigenvalue weighted by Gasteiger charge is -2.35. The van der Waals surface area contributed by atoms with Crippen LogP contribution in [0.1, 0.15) is 47.1 Å². The summed E-state index contributed by atoms with van der Waals surface area (Å²) in [5.74, 6) is 0.0444. The minimum atomic E-state index is 0.0120. The van der Waals surface area contributed by atoms with Crippen LogP contribution in [0, 0.1) is 0 Å². The fourth-order valence-electron chi connectivity index (χ4n) is 3.21. The van der Waals surface area contributed by atoms with Crippen LogP contribution in [0.3, 0.4) is 0 Å². The smallest absolute Gasteiger partial charge is 0.254 e. The van der Waals surface area contributed by atoms with Gasteiger partial charge in [-0.15, -0.1) is 0 Å². The molecular weight excluding hydrogens is 404 g/mol. The number of halogens is 1. The predicted molar refractivity (Wildman–Crippen MR) is 111 cm³/mol. The highest BCUT2D eigenvalue weighted by Gasteiger charge is 2.26. The third-order valence-electron chi connectivity index (χ3n) is 4.92. The largest absolute Gasteiger partial charge is 0.335 e. The summed E-state index contributed by atoms with van der Waals surface area (Å²) in [6.45, 7) is 8.69. The highest BCUT2D eigenvalue weighted by atomic mass is 79.9. The third-order valence-corrected chi connectivity index (χ3v) is 5.42. The molecule has 4 nitrogen and oxygen atoms in total. The molecule has 0 spiro atoms. The quantitative estimate of drug-likeness (QED) is 0.713. The molecule has 27 heavy (non-hydrogen) atoms. The van der Waals surface area contributed by atoms with Crippen molar-refractivity contribution in [3.8, 4) is 0 Å². The Morgan fingerprint density at radius 2 is 1.33 bits per heavy atom. The van der Waals surface area contributed by atoms with Crippen molar-refractivity contribution in [1.29, 1.82) is 0 Å². The Hall–Kier alpha value is -2.14. The number of carbonyl (C=O) groups excluding carboxylic acids is 2. The molecule has 2 aromatic rings. The van der Waals surface area contributed by atoms with Crippen molar-refractivity contribution < 1.29 is 9.59 Å². The Morgan fingerprint density at radius 3 is 1.81 bits per heavy atom. The summed E-state index contributed by atoms with van der Waals surface area (Å²) in [6.07, 6.45) is 0. The first-order chi connectivity index (χ1) is 12.8. The number of rotatable bonds is 2. The van der Waals surface area contributed by atoms with E-state index in [2.05, 4.69) is 36.7 Å². The highest BCUT2D eigenvalue weighted by molar-refractivity contribution is 9.10. The number of piperazine rings is 1. The Morgan fingerprint density at radius 1 is 0.815 bits per heavy atom. The van der Waals surface area contributed by atoms with Gasteiger partial charge in [-0.25, -0.2) is 0 Å². The van der Waals surface area contributed by atoms with Gasteiger partial charge in [0, 0.05) is 41.8 Å². The molecule has 1 aliphatic heterocycles. The fourth-order valence-corrected chi connectivity index (χ4v) is 3.61. The maximum Gasteiger partial charge on any atom is 0.254 e. The molecule has 2 amide bonds. The van der Waals surface area contributed by atoms with Crippen LogP contribution in [0.5, 0.6) is 0 Å². The van der Waals surface area contributed by atoms with Gasteiger partial charge in [-0.1, -0.05) is 54.9 Å². The molecule has 0 N–H and O–H groups in total. The summed E-state index contributed by atoms with van der Waals surface area (Å²) < 4.78 is 0.890. The summed E-state index contributed by atoms with van der Waals surface area (Å²) in [6, 6.07) is 15.3. The molecule has 0 aliphatic carbocycles. The zero-order valence-corrected chi connectivity index (χ0v) is 17.6. The average Bonchev–Trinajstić information content (AvgIpc) is 2.66. The molecule has 1 fully saturated rings. The van der Waals surface area contributed by atoms with Crippen molar-refractivity contribution in [2.45, 2.75) is 26.2 Å². The Balaban J connectivity index is 1.61. The van der Waals surface area contributed by atoms with Crippen molar-refractivity contribution in [2.24, 2.45) is 0 Å². The third kappa shape index (κ3) is 4.59. The maximum atomic E-state index is 12.8. The molecule has 0 aromatic heterocycles. The SMILES string of the molecule is CC(C)(C)c1ccc(C(=O)N2CCN(C(=O)c3cccc(Br)c3)CC2)cc1. The zero-order chi connectivity index (χ0) is 19.6. The van der Waals surface area contributed by atoms with Gasteiger partial charge < -0.3 is 9.80 Å². The van der Waals surface area contributed by atoms with Crippen LogP contribution in [0.25, 0.3) is 0 Å². The standard InChI is InChI=1S/C22H25BrN2O2/c1-22(2,3)18-9-7-16(8-10-18)20(26)24-11-13-25(14-12-24)21(27)17-5-4-6-19(23)15-17/h4-10,15H,11-14H2,1-3H3. The van der Waals surface area contributed by atoms with Crippen LogP contribution in [0.15, 0.2) is 53.0 Å². The number of hydrogen-bond acceptors (Lipinski definition) is 2. The van der Waals surface area contributed by atoms with Gasteiger partial charge in [-0.05, 0) is 41.3 Å². The molecule has 0 atom stereocenters. The number of hydrogen-bond donors (Lipinski definition) is 0. The van der Waals surface area contributed by atoms with Crippen molar-refractivity contribution in [1.82, 2.24) is 9.80 Å². The van der Waals surface area contributed by atoms with Gasteiger partial charge in [0.2, 0.25) is 0 Å². The Labute approximate surface area is 169 Å². The van der Waals surface area contributed by atoms with E-state index < -0.39 is 0 Å². The van der Waals surface area contributed by atoms with Gasteiger partial charge in [0.25, 0.3) is 11.8 Å². The normalized spacial score (nSPS) is 15.0. The summed E-state index contributed by atoms with van der Waals surface area (Å²) in [7, 11) is 0. The minimum Gasteiger partial charge on any atom is -0.335 e. The first-order valence-corrected chi connectivity index (χ1v) is 10.00. The van der Waals surface area contributed by atoms with E-state index in [0.29, 0.717) is 37.3 Å². The van der Waals surface area contributed by atoms with Gasteiger partial charge in [-0.3, -0.25) is 9.59 Å². The Kier molecular flexibility index (Phi) is 5.70. The van der Waals surface area contributed by atoms with Crippen molar-refractivity contribution in [3.05, 3.63) is 69.7 Å². The van der Waals surface area contributed by atoms with E-state index in [0.717, 1.165) is 4.47 Å². The molecule has 1 heterocycles. The predicted octanol–water partition coefficient (Wildman–Crippen LogP) is 4.34. The van der Waals surface area contributed by atoms with E-state index in [9.17, 15) is 9.59 Å². The second-order valence-corrected chi connectivity index (χ2v) is 8.84. The van der Waals surface area contributed by atoms with Gasteiger partial charge >= 0.3 is 0 Å². The molecule has 0 saturated carbocycles. The maximum absolute atomic E-state index is 12.8. The molecule has 0 unspecified atom stereocenters. The molecule has 5 heteroatoms. The first-order valence-electron chi connectivity index (χ1n) is 9.20. The molecule has 142 valence electrons. The van der Waals surface area contributed by atoms with E-state index in [-0.39, 0.29) is 17.2 Å². The van der Waals surface area contributed by atoms with E-state index >= 15 is 0 Å². The van der Waals surface area contributed by atoms with Gasteiger partial charge in [-0.2, -0.15) is 0 Å². The van der Waals surface area contributed by atoms with Crippen molar-refractivity contribution in [3.63, 3.8) is 0 Å². The van der Waals surface area contributed by atoms with Crippen LogP contribution in [0.2, 0.25) is 0 Å². The van der Waals surface area contributed by atoms with E-state index in [1.807, 2.05) is 58.3 Å². The lowest BCUT2D eigenvalue weighted by Crippen LogP contribution is -2.50. The zero-order valence-electron chi connectivity index (χ0n) is 16.0. The number of nitrogens with zero attached hydrogens (tertiary/aromatic N) is 2. The van der Waals surface area contributed by atoms with E-state index in [4.69, 9.17) is 0 Å². The summed E-state index contributed by atoms with van der Waals surface area (Å²) >= 11 is 3.40. The summed E-state index contributed by atoms with van der Waals surface area (Å²) in [4.78, 5) is 29.0. The summed E-state index contributed by atoms with van der Waals surface area (Å²) in [5.41, 5.74) is 2.65. The first kappa shape index (κ1) is 19.6. The molecule has 0 radical (unpaired) electrons. The average molecular weight is 429 g/mol. The number of benzene rings is 2. The molecule has 2 aromatic carbocycles. The topological polar surface area (TPSA) is 40.6 Å². The van der Waals surface area contributed by atoms with Crippen LogP contribution >= 0.6 is 15.9 Å². The second-order valence-electron chi connectivity index (χ2n) is 7.92. The molecule has 1 aliphatic rings. The lowest BCUT2D eigenvalue weighted by molar-refractivity contribution is 0.0535. The fraction of sp³-hybridized carbons (Fsp3) is 0.364. The molecule has 0 bridgehead atoms. The Bertz CT molecular complexity index is 832. The second kappa shape index (κ2) is 7.85. The van der Waals surface area contributed by atoms with Gasteiger partial charge in [0.15, 0.2) is 0 Å². The van der Waals surface area contributed by atoms with Crippen LogP contribution < -0.4 is 0 Å². The van der Waals surface area contributed by atoms with Crippen LogP contribution in [-0.2, 0) is 5.41 Å². The van der Waals surface area contributed by atoms with Crippen molar-refractivity contribution in [2.75, 3.05) is 26.2 Å². The van der Waals surface area contributed by atoms with E-state index in [1.165, 1.54) is 5.56 Å². The lowest BCUT2D eigenvalue weighted by atomic mass is 9.86. The van der Waals surface area contributed by atoms with Crippen LogP contribution in [0.4, 0.5) is 0 Å².